The quantitative estimate of drug-likeness (QED) is 0.870. The van der Waals surface area contributed by atoms with Crippen molar-refractivity contribution < 1.29 is 4.79 Å². The lowest BCUT2D eigenvalue weighted by atomic mass is 9.87. The van der Waals surface area contributed by atoms with E-state index in [2.05, 4.69) is 32.9 Å². The lowest BCUT2D eigenvalue weighted by Gasteiger charge is -2.21. The van der Waals surface area contributed by atoms with Crippen LogP contribution in [0.5, 0.6) is 0 Å². The lowest BCUT2D eigenvalue weighted by Crippen LogP contribution is -2.25. The van der Waals surface area contributed by atoms with E-state index in [-0.39, 0.29) is 11.3 Å². The summed E-state index contributed by atoms with van der Waals surface area (Å²) in [6, 6.07) is 8.30. The second-order valence-electron chi connectivity index (χ2n) is 6.11. The van der Waals surface area contributed by atoms with Gasteiger partial charge in [0.15, 0.2) is 0 Å². The number of carbonyl (C=O) groups excluding carboxylic acids is 1. The molecular weight excluding hydrogens is 224 g/mol. The summed E-state index contributed by atoms with van der Waals surface area (Å²) in [6.07, 6.45) is 0.581. The van der Waals surface area contributed by atoms with Crippen LogP contribution >= 0.6 is 0 Å². The minimum atomic E-state index is 0.146. The number of nitrogens with two attached hydrogens (primary N) is 1. The Morgan fingerprint density at radius 3 is 2.33 bits per heavy atom. The van der Waals surface area contributed by atoms with E-state index in [0.29, 0.717) is 18.9 Å². The molecule has 3 heteroatoms. The molecule has 0 aromatic heterocycles. The zero-order valence-electron chi connectivity index (χ0n) is 11.4. The average molecular weight is 246 g/mol. The van der Waals surface area contributed by atoms with Gasteiger partial charge in [-0.15, -0.1) is 0 Å². The van der Waals surface area contributed by atoms with Gasteiger partial charge >= 0.3 is 0 Å². The summed E-state index contributed by atoms with van der Waals surface area (Å²) in [4.78, 5) is 13.7. The zero-order valence-corrected chi connectivity index (χ0v) is 11.4. The second kappa shape index (κ2) is 4.73. The van der Waals surface area contributed by atoms with E-state index in [0.717, 1.165) is 12.2 Å². The predicted molar refractivity (Wildman–Crippen MR) is 74.7 cm³/mol. The Labute approximate surface area is 109 Å². The number of nitrogens with zero attached hydrogens (tertiary/aromatic N) is 1. The molecule has 1 fully saturated rings. The molecule has 0 spiro atoms. The molecule has 98 valence electrons. The topological polar surface area (TPSA) is 46.3 Å². The van der Waals surface area contributed by atoms with Crippen molar-refractivity contribution in [3.63, 3.8) is 0 Å². The molecule has 2 rings (SSSR count). The van der Waals surface area contributed by atoms with Gasteiger partial charge in [-0.05, 0) is 35.6 Å². The van der Waals surface area contributed by atoms with Crippen molar-refractivity contribution in [1.29, 1.82) is 0 Å². The first-order valence-corrected chi connectivity index (χ1v) is 6.53. The molecule has 1 aliphatic heterocycles. The van der Waals surface area contributed by atoms with Crippen LogP contribution in [0.25, 0.3) is 0 Å². The van der Waals surface area contributed by atoms with E-state index in [1.807, 2.05) is 17.0 Å². The molecule has 0 aliphatic carbocycles. The van der Waals surface area contributed by atoms with E-state index in [1.54, 1.807) is 0 Å². The third kappa shape index (κ3) is 2.56. The van der Waals surface area contributed by atoms with Crippen LogP contribution in [-0.2, 0) is 10.2 Å². The molecule has 1 amide bonds. The Morgan fingerprint density at radius 1 is 1.28 bits per heavy atom. The summed E-state index contributed by atoms with van der Waals surface area (Å²) in [5, 5.41) is 0. The molecule has 1 unspecified atom stereocenters. The molecule has 0 bridgehead atoms. The number of hydrogen-bond donors (Lipinski definition) is 1. The fraction of sp³-hybridized carbons (Fsp3) is 0.533. The molecule has 18 heavy (non-hydrogen) atoms. The van der Waals surface area contributed by atoms with Gasteiger partial charge in [-0.25, -0.2) is 0 Å². The van der Waals surface area contributed by atoms with Crippen molar-refractivity contribution in [2.45, 2.75) is 32.6 Å². The minimum absolute atomic E-state index is 0.146. The monoisotopic (exact) mass is 246 g/mol. The van der Waals surface area contributed by atoms with Crippen molar-refractivity contribution in [2.75, 3.05) is 18.0 Å². The third-order valence-electron chi connectivity index (χ3n) is 3.58. The van der Waals surface area contributed by atoms with Crippen molar-refractivity contribution in [3.05, 3.63) is 29.8 Å². The Hall–Kier alpha value is -1.35. The number of rotatable bonds is 2. The first-order chi connectivity index (χ1) is 8.41. The van der Waals surface area contributed by atoms with Crippen molar-refractivity contribution in [3.8, 4) is 0 Å². The van der Waals surface area contributed by atoms with Crippen LogP contribution in [0.2, 0.25) is 0 Å². The molecule has 2 N–H and O–H groups in total. The summed E-state index contributed by atoms with van der Waals surface area (Å²) in [5.41, 5.74) is 8.06. The predicted octanol–water partition coefficient (Wildman–Crippen LogP) is 2.30. The number of hydrogen-bond acceptors (Lipinski definition) is 2. The highest BCUT2D eigenvalue weighted by atomic mass is 16.2. The maximum atomic E-state index is 11.9. The zero-order chi connectivity index (χ0) is 13.3. The van der Waals surface area contributed by atoms with E-state index in [9.17, 15) is 4.79 Å². The molecule has 0 saturated carbocycles. The molecular formula is C15H22N2O. The SMILES string of the molecule is CC(C)(C)c1ccc(N2CC(CN)CC2=O)cc1. The maximum Gasteiger partial charge on any atom is 0.227 e. The van der Waals surface area contributed by atoms with E-state index in [4.69, 9.17) is 5.73 Å². The van der Waals surface area contributed by atoms with Crippen molar-refractivity contribution >= 4 is 11.6 Å². The first-order valence-electron chi connectivity index (χ1n) is 6.53. The van der Waals surface area contributed by atoms with Crippen LogP contribution in [0.3, 0.4) is 0 Å². The Kier molecular flexibility index (Phi) is 3.44. The van der Waals surface area contributed by atoms with Crippen molar-refractivity contribution in [1.82, 2.24) is 0 Å². The van der Waals surface area contributed by atoms with Gasteiger partial charge in [-0.1, -0.05) is 32.9 Å². The molecule has 1 saturated heterocycles. The van der Waals surface area contributed by atoms with Crippen LogP contribution in [-0.4, -0.2) is 19.0 Å². The van der Waals surface area contributed by atoms with Gasteiger partial charge in [0.1, 0.15) is 0 Å². The first kappa shape index (κ1) is 13.1. The molecule has 1 aromatic carbocycles. The maximum absolute atomic E-state index is 11.9. The largest absolute Gasteiger partial charge is 0.330 e. The molecule has 1 aromatic rings. The lowest BCUT2D eigenvalue weighted by molar-refractivity contribution is -0.117. The molecule has 1 aliphatic rings. The fourth-order valence-corrected chi connectivity index (χ4v) is 2.33. The van der Waals surface area contributed by atoms with Gasteiger partial charge < -0.3 is 10.6 Å². The highest BCUT2D eigenvalue weighted by Crippen LogP contribution is 2.28. The molecule has 0 radical (unpaired) electrons. The van der Waals surface area contributed by atoms with Gasteiger partial charge in [0.05, 0.1) is 0 Å². The number of amides is 1. The summed E-state index contributed by atoms with van der Waals surface area (Å²) >= 11 is 0. The Bertz CT molecular complexity index is 431. The van der Waals surface area contributed by atoms with Crippen LogP contribution < -0.4 is 10.6 Å². The molecule has 1 atom stereocenters. The summed E-state index contributed by atoms with van der Waals surface area (Å²) in [6.45, 7) is 7.90. The van der Waals surface area contributed by atoms with E-state index in [1.165, 1.54) is 5.56 Å². The highest BCUT2D eigenvalue weighted by Gasteiger charge is 2.29. The van der Waals surface area contributed by atoms with Gasteiger partial charge in [-0.3, -0.25) is 4.79 Å². The Morgan fingerprint density at radius 2 is 1.89 bits per heavy atom. The number of benzene rings is 1. The summed E-state index contributed by atoms with van der Waals surface area (Å²) in [7, 11) is 0. The van der Waals surface area contributed by atoms with Gasteiger partial charge in [-0.2, -0.15) is 0 Å². The van der Waals surface area contributed by atoms with Crippen LogP contribution in [0.4, 0.5) is 5.69 Å². The average Bonchev–Trinajstić information content (AvgIpc) is 2.70. The normalized spacial score (nSPS) is 20.6. The van der Waals surface area contributed by atoms with E-state index >= 15 is 0 Å². The summed E-state index contributed by atoms with van der Waals surface area (Å²) < 4.78 is 0. The van der Waals surface area contributed by atoms with Crippen LogP contribution in [0.1, 0.15) is 32.8 Å². The standard InChI is InChI=1S/C15H22N2O/c1-15(2,3)12-4-6-13(7-5-12)17-10-11(9-16)8-14(17)18/h4-7,11H,8-10,16H2,1-3H3. The fourth-order valence-electron chi connectivity index (χ4n) is 2.33. The highest BCUT2D eigenvalue weighted by molar-refractivity contribution is 5.95. The number of anilines is 1. The van der Waals surface area contributed by atoms with Gasteiger partial charge in [0.25, 0.3) is 0 Å². The summed E-state index contributed by atoms with van der Waals surface area (Å²) in [5.74, 6) is 0.494. The van der Waals surface area contributed by atoms with Gasteiger partial charge in [0, 0.05) is 18.7 Å². The Balaban J connectivity index is 2.18. The molecule has 1 heterocycles. The second-order valence-corrected chi connectivity index (χ2v) is 6.11. The van der Waals surface area contributed by atoms with E-state index < -0.39 is 0 Å². The van der Waals surface area contributed by atoms with Crippen LogP contribution in [0, 0.1) is 5.92 Å². The van der Waals surface area contributed by atoms with Crippen LogP contribution in [0.15, 0.2) is 24.3 Å². The van der Waals surface area contributed by atoms with Gasteiger partial charge in [0.2, 0.25) is 5.91 Å². The molecule has 3 nitrogen and oxygen atoms in total. The smallest absolute Gasteiger partial charge is 0.227 e. The number of carbonyl (C=O) groups is 1. The van der Waals surface area contributed by atoms with Crippen molar-refractivity contribution in [2.24, 2.45) is 11.7 Å². The third-order valence-corrected chi connectivity index (χ3v) is 3.58. The minimum Gasteiger partial charge on any atom is -0.330 e.